The molecule has 0 aliphatic carbocycles. The summed E-state index contributed by atoms with van der Waals surface area (Å²) >= 11 is 5.33. The molecular weight excluding hydrogens is 412 g/mol. The highest BCUT2D eigenvalue weighted by Gasteiger charge is 2.32. The fraction of sp³-hybridized carbons (Fsp3) is 0.318. The average molecular weight is 435 g/mol. The highest BCUT2D eigenvalue weighted by atomic mass is 32.1. The van der Waals surface area contributed by atoms with E-state index in [1.54, 1.807) is 6.20 Å². The summed E-state index contributed by atoms with van der Waals surface area (Å²) in [4.78, 5) is 38.5. The van der Waals surface area contributed by atoms with E-state index in [1.807, 2.05) is 47.4 Å². The van der Waals surface area contributed by atoms with E-state index in [1.165, 1.54) is 4.57 Å². The molecule has 1 saturated heterocycles. The van der Waals surface area contributed by atoms with Gasteiger partial charge < -0.3 is 15.1 Å². The Bertz CT molecular complexity index is 1200. The van der Waals surface area contributed by atoms with Crippen LogP contribution in [-0.2, 0) is 4.79 Å². The van der Waals surface area contributed by atoms with Crippen molar-refractivity contribution in [3.05, 3.63) is 53.4 Å². The van der Waals surface area contributed by atoms with Gasteiger partial charge in [-0.2, -0.15) is 0 Å². The SMILES string of the molecule is O=C(CC[C@@H]1Nc2c3ccccc3nc(=S)n2C1=O)N1CCN(c2ccccn2)CC1. The highest BCUT2D eigenvalue weighted by Crippen LogP contribution is 2.29. The number of nitrogens with one attached hydrogen (secondary N) is 1. The summed E-state index contributed by atoms with van der Waals surface area (Å²) < 4.78 is 1.70. The van der Waals surface area contributed by atoms with Crippen LogP contribution in [0.5, 0.6) is 0 Å². The first-order valence-corrected chi connectivity index (χ1v) is 10.8. The number of para-hydroxylation sites is 1. The molecule has 0 radical (unpaired) electrons. The number of piperazine rings is 1. The number of rotatable bonds is 4. The monoisotopic (exact) mass is 434 g/mol. The normalized spacial score (nSPS) is 18.2. The molecule has 9 heteroatoms. The summed E-state index contributed by atoms with van der Waals surface area (Å²) in [6.07, 6.45) is 2.50. The van der Waals surface area contributed by atoms with Gasteiger partial charge in [0.05, 0.1) is 5.52 Å². The first-order valence-electron chi connectivity index (χ1n) is 10.4. The predicted molar refractivity (Wildman–Crippen MR) is 121 cm³/mol. The van der Waals surface area contributed by atoms with Crippen LogP contribution in [0.3, 0.4) is 0 Å². The van der Waals surface area contributed by atoms with E-state index in [2.05, 4.69) is 20.2 Å². The molecule has 1 aromatic carbocycles. The number of benzene rings is 1. The van der Waals surface area contributed by atoms with E-state index >= 15 is 0 Å². The number of carbonyl (C=O) groups excluding carboxylic acids is 2. The number of anilines is 2. The Balaban J connectivity index is 1.21. The lowest BCUT2D eigenvalue weighted by molar-refractivity contribution is -0.131. The zero-order valence-electron chi connectivity index (χ0n) is 16.9. The van der Waals surface area contributed by atoms with Gasteiger partial charge in [0.15, 0.2) is 0 Å². The molecule has 5 rings (SSSR count). The van der Waals surface area contributed by atoms with Crippen molar-refractivity contribution in [1.29, 1.82) is 0 Å². The fourth-order valence-electron chi connectivity index (χ4n) is 4.22. The topological polar surface area (TPSA) is 83.4 Å². The van der Waals surface area contributed by atoms with E-state index in [4.69, 9.17) is 12.2 Å². The lowest BCUT2D eigenvalue weighted by atomic mass is 10.1. The smallest absolute Gasteiger partial charge is 0.257 e. The quantitative estimate of drug-likeness (QED) is 0.632. The van der Waals surface area contributed by atoms with Crippen LogP contribution in [0, 0.1) is 4.77 Å². The Labute approximate surface area is 184 Å². The molecule has 3 aromatic rings. The van der Waals surface area contributed by atoms with Crippen molar-refractivity contribution in [3.8, 4) is 0 Å². The summed E-state index contributed by atoms with van der Waals surface area (Å²) in [6, 6.07) is 12.9. The van der Waals surface area contributed by atoms with E-state index in [0.717, 1.165) is 29.8 Å². The van der Waals surface area contributed by atoms with Crippen molar-refractivity contribution in [3.63, 3.8) is 0 Å². The molecule has 0 unspecified atom stereocenters. The number of hydrogen-bond acceptors (Lipinski definition) is 7. The van der Waals surface area contributed by atoms with Crippen LogP contribution in [-0.4, -0.2) is 63.5 Å². The van der Waals surface area contributed by atoms with Crippen LogP contribution < -0.4 is 10.2 Å². The number of fused-ring (bicyclic) bond motifs is 3. The number of hydrogen-bond donors (Lipinski definition) is 1. The Kier molecular flexibility index (Phi) is 5.11. The third-order valence-corrected chi connectivity index (χ3v) is 6.15. The Morgan fingerprint density at radius 2 is 1.87 bits per heavy atom. The minimum absolute atomic E-state index is 0.0674. The second-order valence-corrected chi connectivity index (χ2v) is 8.09. The largest absolute Gasteiger partial charge is 0.359 e. The average Bonchev–Trinajstić information content (AvgIpc) is 3.15. The molecule has 1 atom stereocenters. The zero-order valence-corrected chi connectivity index (χ0v) is 17.7. The molecular formula is C22H22N6O2S. The standard InChI is InChI=1S/C22H22N6O2S/c29-19(27-13-11-26(12-14-27)18-7-3-4-10-23-18)9-8-17-21(30)28-20(24-17)15-5-1-2-6-16(15)25-22(28)31/h1-7,10,17,24H,8-9,11-14H2/t17-/m0/s1. The van der Waals surface area contributed by atoms with Crippen molar-refractivity contribution >= 4 is 46.6 Å². The maximum atomic E-state index is 12.9. The first-order chi connectivity index (χ1) is 15.1. The van der Waals surface area contributed by atoms with Gasteiger partial charge in [-0.05, 0) is 42.9 Å². The third-order valence-electron chi connectivity index (χ3n) is 5.87. The number of nitrogens with zero attached hydrogens (tertiary/aromatic N) is 5. The second kappa shape index (κ2) is 8.07. The molecule has 158 valence electrons. The van der Waals surface area contributed by atoms with Crippen molar-refractivity contribution in [2.45, 2.75) is 18.9 Å². The van der Waals surface area contributed by atoms with Crippen LogP contribution in [0.15, 0.2) is 48.7 Å². The van der Waals surface area contributed by atoms with Gasteiger partial charge in [0, 0.05) is 44.2 Å². The molecule has 8 nitrogen and oxygen atoms in total. The summed E-state index contributed by atoms with van der Waals surface area (Å²) in [5.74, 6) is 1.52. The van der Waals surface area contributed by atoms with Crippen LogP contribution in [0.4, 0.5) is 11.6 Å². The van der Waals surface area contributed by atoms with E-state index < -0.39 is 6.04 Å². The van der Waals surface area contributed by atoms with Gasteiger partial charge in [-0.1, -0.05) is 18.2 Å². The van der Waals surface area contributed by atoms with Crippen LogP contribution in [0.1, 0.15) is 17.6 Å². The van der Waals surface area contributed by atoms with Gasteiger partial charge in [-0.3, -0.25) is 9.59 Å². The molecule has 31 heavy (non-hydrogen) atoms. The summed E-state index contributed by atoms with van der Waals surface area (Å²) in [5, 5.41) is 4.13. The van der Waals surface area contributed by atoms with E-state index in [-0.39, 0.29) is 16.6 Å². The number of aromatic nitrogens is 3. The first kappa shape index (κ1) is 19.6. The predicted octanol–water partition coefficient (Wildman–Crippen LogP) is 2.72. The summed E-state index contributed by atoms with van der Waals surface area (Å²) in [5.41, 5.74) is 0.751. The zero-order chi connectivity index (χ0) is 21.4. The van der Waals surface area contributed by atoms with Crippen LogP contribution >= 0.6 is 12.2 Å². The van der Waals surface area contributed by atoms with E-state index in [0.29, 0.717) is 31.7 Å². The van der Waals surface area contributed by atoms with Crippen LogP contribution in [0.2, 0.25) is 0 Å². The maximum Gasteiger partial charge on any atom is 0.257 e. The molecule has 1 N–H and O–H groups in total. The van der Waals surface area contributed by atoms with Gasteiger partial charge >= 0.3 is 0 Å². The van der Waals surface area contributed by atoms with Gasteiger partial charge in [0.25, 0.3) is 5.91 Å². The van der Waals surface area contributed by atoms with Gasteiger partial charge in [0.2, 0.25) is 10.7 Å². The molecule has 0 spiro atoms. The third kappa shape index (κ3) is 3.65. The van der Waals surface area contributed by atoms with Crippen LogP contribution in [0.25, 0.3) is 10.9 Å². The van der Waals surface area contributed by atoms with Crippen molar-refractivity contribution in [2.75, 3.05) is 36.4 Å². The number of pyridine rings is 1. The second-order valence-electron chi connectivity index (χ2n) is 7.73. The molecule has 0 saturated carbocycles. The number of carbonyl (C=O) groups is 2. The van der Waals surface area contributed by atoms with Gasteiger partial charge in [0.1, 0.15) is 17.7 Å². The van der Waals surface area contributed by atoms with Crippen molar-refractivity contribution in [1.82, 2.24) is 19.4 Å². The Morgan fingerprint density at radius 3 is 2.65 bits per heavy atom. The van der Waals surface area contributed by atoms with Gasteiger partial charge in [-0.25, -0.2) is 14.5 Å². The van der Waals surface area contributed by atoms with Crippen molar-refractivity contribution in [2.24, 2.45) is 0 Å². The molecule has 0 bridgehead atoms. The molecule has 2 aliphatic rings. The summed E-state index contributed by atoms with van der Waals surface area (Å²) in [6.45, 7) is 2.81. The molecule has 1 fully saturated rings. The van der Waals surface area contributed by atoms with Gasteiger partial charge in [-0.15, -0.1) is 0 Å². The lowest BCUT2D eigenvalue weighted by Crippen LogP contribution is -2.49. The Morgan fingerprint density at radius 1 is 1.10 bits per heavy atom. The Hall–Kier alpha value is -3.33. The minimum Gasteiger partial charge on any atom is -0.359 e. The minimum atomic E-state index is -0.479. The highest BCUT2D eigenvalue weighted by molar-refractivity contribution is 7.71. The molecule has 4 heterocycles. The maximum absolute atomic E-state index is 12.9. The van der Waals surface area contributed by atoms with E-state index in [9.17, 15) is 9.59 Å². The summed E-state index contributed by atoms with van der Waals surface area (Å²) in [7, 11) is 0. The molecule has 2 aliphatic heterocycles. The lowest BCUT2D eigenvalue weighted by Gasteiger charge is -2.35. The fourth-order valence-corrected chi connectivity index (χ4v) is 4.50. The molecule has 1 amide bonds. The number of amides is 1. The van der Waals surface area contributed by atoms with Crippen molar-refractivity contribution < 1.29 is 9.59 Å². The molecule has 2 aromatic heterocycles.